The minimum Gasteiger partial charge on any atom is -0.385 e. The Morgan fingerprint density at radius 2 is 2.09 bits per heavy atom. The lowest BCUT2D eigenvalue weighted by molar-refractivity contribution is -0.0588. The number of likely N-dealkylation sites (N-methyl/N-ethyl adjacent to an activating group) is 1. The molecule has 1 aliphatic heterocycles. The average Bonchev–Trinajstić information content (AvgIpc) is 2.83. The van der Waals surface area contributed by atoms with Crippen LogP contribution in [0.4, 0.5) is 9.18 Å². The number of amides is 2. The lowest BCUT2D eigenvalue weighted by atomic mass is 9.74. The van der Waals surface area contributed by atoms with Crippen LogP contribution in [0.25, 0.3) is 0 Å². The summed E-state index contributed by atoms with van der Waals surface area (Å²) in [5.41, 5.74) is -1.62. The molecule has 7 nitrogen and oxygen atoms in total. The maximum Gasteiger partial charge on any atom is 0.317 e. The van der Waals surface area contributed by atoms with E-state index in [1.807, 2.05) is 20.9 Å². The van der Waals surface area contributed by atoms with Crippen molar-refractivity contribution in [1.29, 1.82) is 0 Å². The van der Waals surface area contributed by atoms with Gasteiger partial charge in [0.25, 0.3) is 0 Å². The van der Waals surface area contributed by atoms with Crippen molar-refractivity contribution in [2.24, 2.45) is 5.92 Å². The molecule has 0 spiro atoms. The Balaban J connectivity index is 2.21. The molecule has 1 saturated heterocycles. The molecule has 3 unspecified atom stereocenters. The molecule has 0 saturated carbocycles. The third-order valence-electron chi connectivity index (χ3n) is 7.03. The molecular weight excluding hydrogens is 473 g/mol. The molecule has 1 fully saturated rings. The maximum absolute atomic E-state index is 15.1. The predicted molar refractivity (Wildman–Crippen MR) is 137 cm³/mol. The van der Waals surface area contributed by atoms with E-state index in [2.05, 4.69) is 10.6 Å². The topological polar surface area (TPSA) is 83.1 Å². The number of urea groups is 1. The van der Waals surface area contributed by atoms with Crippen LogP contribution >= 0.6 is 11.6 Å². The average molecular weight is 516 g/mol. The Labute approximate surface area is 214 Å². The van der Waals surface area contributed by atoms with E-state index in [1.54, 1.807) is 31.3 Å². The molecule has 0 bridgehead atoms. The van der Waals surface area contributed by atoms with Crippen molar-refractivity contribution in [2.45, 2.75) is 69.6 Å². The highest BCUT2D eigenvalue weighted by atomic mass is 35.5. The van der Waals surface area contributed by atoms with Gasteiger partial charge in [-0.25, -0.2) is 9.18 Å². The normalized spacial score (nSPS) is 19.3. The second-order valence-electron chi connectivity index (χ2n) is 10.1. The zero-order chi connectivity index (χ0) is 26.1. The number of aliphatic hydroxyl groups is 1. The van der Waals surface area contributed by atoms with Gasteiger partial charge in [-0.15, -0.1) is 0 Å². The van der Waals surface area contributed by atoms with Crippen molar-refractivity contribution in [3.05, 3.63) is 34.6 Å². The Morgan fingerprint density at radius 1 is 1.34 bits per heavy atom. The first-order valence-electron chi connectivity index (χ1n) is 12.5. The van der Waals surface area contributed by atoms with Crippen molar-refractivity contribution in [3.63, 3.8) is 0 Å². The van der Waals surface area contributed by atoms with Crippen LogP contribution in [-0.4, -0.2) is 75.2 Å². The van der Waals surface area contributed by atoms with Gasteiger partial charge in [0.2, 0.25) is 0 Å². The SMILES string of the molecule is CNCC(CC(C)(C)OC)NC(=O)N1CCCC(C(O)(CCCCOC)c2cccc(Cl)c2F)C1. The fourth-order valence-electron chi connectivity index (χ4n) is 4.95. The molecule has 1 aliphatic rings. The maximum atomic E-state index is 15.1. The molecule has 3 N–H and O–H groups in total. The summed E-state index contributed by atoms with van der Waals surface area (Å²) in [6.07, 6.45) is 3.82. The zero-order valence-electron chi connectivity index (χ0n) is 21.8. The highest BCUT2D eigenvalue weighted by Crippen LogP contribution is 2.42. The molecule has 0 radical (unpaired) electrons. The van der Waals surface area contributed by atoms with Gasteiger partial charge in [0.1, 0.15) is 5.82 Å². The van der Waals surface area contributed by atoms with E-state index in [9.17, 15) is 9.90 Å². The van der Waals surface area contributed by atoms with E-state index >= 15 is 4.39 Å². The Kier molecular flexibility index (Phi) is 11.7. The molecule has 0 aromatic heterocycles. The molecular formula is C26H43ClFN3O4. The number of rotatable bonds is 13. The number of halogens is 2. The minimum absolute atomic E-state index is 0.0149. The molecule has 1 aromatic rings. The van der Waals surface area contributed by atoms with Crippen LogP contribution in [0.2, 0.25) is 5.02 Å². The van der Waals surface area contributed by atoms with Crippen molar-refractivity contribution in [1.82, 2.24) is 15.5 Å². The summed E-state index contributed by atoms with van der Waals surface area (Å²) in [6, 6.07) is 4.44. The number of ether oxygens (including phenoxy) is 2. The second-order valence-corrected chi connectivity index (χ2v) is 10.5. The Hall–Kier alpha value is -1.45. The lowest BCUT2D eigenvalue weighted by Gasteiger charge is -2.43. The van der Waals surface area contributed by atoms with Gasteiger partial charge in [-0.3, -0.25) is 0 Å². The molecule has 1 aromatic carbocycles. The van der Waals surface area contributed by atoms with Crippen LogP contribution in [-0.2, 0) is 15.1 Å². The highest BCUT2D eigenvalue weighted by Gasteiger charge is 2.43. The van der Waals surface area contributed by atoms with E-state index in [0.717, 1.165) is 12.8 Å². The van der Waals surface area contributed by atoms with Crippen LogP contribution in [0.3, 0.4) is 0 Å². The number of carbonyl (C=O) groups excluding carboxylic acids is 1. The number of hydrogen-bond donors (Lipinski definition) is 3. The van der Waals surface area contributed by atoms with E-state index in [0.29, 0.717) is 51.9 Å². The molecule has 0 aliphatic carbocycles. The van der Waals surface area contributed by atoms with Crippen LogP contribution in [0, 0.1) is 11.7 Å². The number of hydrogen-bond acceptors (Lipinski definition) is 5. The largest absolute Gasteiger partial charge is 0.385 e. The third-order valence-corrected chi connectivity index (χ3v) is 7.32. The van der Waals surface area contributed by atoms with Crippen molar-refractivity contribution >= 4 is 17.6 Å². The van der Waals surface area contributed by atoms with E-state index in [-0.39, 0.29) is 34.2 Å². The van der Waals surface area contributed by atoms with Crippen LogP contribution in [0.15, 0.2) is 18.2 Å². The number of nitrogens with one attached hydrogen (secondary N) is 2. The number of benzene rings is 1. The summed E-state index contributed by atoms with van der Waals surface area (Å²) in [5.74, 6) is -0.920. The summed E-state index contributed by atoms with van der Waals surface area (Å²) < 4.78 is 25.8. The quantitative estimate of drug-likeness (QED) is 0.341. The molecule has 200 valence electrons. The van der Waals surface area contributed by atoms with Gasteiger partial charge in [-0.1, -0.05) is 23.7 Å². The number of piperidine rings is 1. The first-order chi connectivity index (χ1) is 16.6. The molecule has 2 amide bonds. The van der Waals surface area contributed by atoms with E-state index in [4.69, 9.17) is 21.1 Å². The smallest absolute Gasteiger partial charge is 0.317 e. The number of methoxy groups -OCH3 is 2. The lowest BCUT2D eigenvalue weighted by Crippen LogP contribution is -2.54. The predicted octanol–water partition coefficient (Wildman–Crippen LogP) is 4.31. The standard InChI is InChI=1S/C26H43ClFN3O4/c1-25(2,35-5)16-20(17-29-3)30-24(32)31-14-9-10-19(18-31)26(33,13-6-7-15-34-4)21-11-8-12-22(27)23(21)28/h8,11-12,19-20,29,33H,6-7,9-10,13-18H2,1-5H3,(H,30,32). The summed E-state index contributed by atoms with van der Waals surface area (Å²) in [6.45, 7) is 6.06. The molecule has 3 atom stereocenters. The van der Waals surface area contributed by atoms with Gasteiger partial charge in [0, 0.05) is 58.0 Å². The summed E-state index contributed by atoms with van der Waals surface area (Å²) in [4.78, 5) is 15.0. The summed E-state index contributed by atoms with van der Waals surface area (Å²) in [7, 11) is 5.14. The van der Waals surface area contributed by atoms with Crippen molar-refractivity contribution in [3.8, 4) is 0 Å². The van der Waals surface area contributed by atoms with Gasteiger partial charge in [0.15, 0.2) is 0 Å². The van der Waals surface area contributed by atoms with E-state index in [1.165, 1.54) is 6.07 Å². The Bertz CT molecular complexity index is 813. The molecule has 2 rings (SSSR count). The number of carbonyl (C=O) groups is 1. The first kappa shape index (κ1) is 29.8. The number of likely N-dealkylation sites (tertiary alicyclic amines) is 1. The van der Waals surface area contributed by atoms with Gasteiger partial charge < -0.3 is 30.1 Å². The third kappa shape index (κ3) is 8.29. The van der Waals surface area contributed by atoms with Gasteiger partial charge >= 0.3 is 6.03 Å². The molecule has 9 heteroatoms. The van der Waals surface area contributed by atoms with Crippen LogP contribution in [0.5, 0.6) is 0 Å². The minimum atomic E-state index is -1.44. The van der Waals surface area contributed by atoms with Crippen LogP contribution in [0.1, 0.15) is 57.9 Å². The summed E-state index contributed by atoms with van der Waals surface area (Å²) >= 11 is 6.08. The Morgan fingerprint density at radius 3 is 2.74 bits per heavy atom. The first-order valence-corrected chi connectivity index (χ1v) is 12.9. The van der Waals surface area contributed by atoms with Gasteiger partial charge in [0.05, 0.1) is 16.2 Å². The molecule has 35 heavy (non-hydrogen) atoms. The molecule has 1 heterocycles. The fourth-order valence-corrected chi connectivity index (χ4v) is 5.13. The van der Waals surface area contributed by atoms with E-state index < -0.39 is 11.4 Å². The highest BCUT2D eigenvalue weighted by molar-refractivity contribution is 6.30. The van der Waals surface area contributed by atoms with Crippen molar-refractivity contribution in [2.75, 3.05) is 47.5 Å². The zero-order valence-corrected chi connectivity index (χ0v) is 22.6. The summed E-state index contributed by atoms with van der Waals surface area (Å²) in [5, 5.41) is 18.2. The monoisotopic (exact) mass is 515 g/mol. The number of nitrogens with zero attached hydrogens (tertiary/aromatic N) is 1. The van der Waals surface area contributed by atoms with Gasteiger partial charge in [-0.05, 0) is 65.5 Å². The van der Waals surface area contributed by atoms with Crippen molar-refractivity contribution < 1.29 is 23.8 Å². The number of unbranched alkanes of at least 4 members (excludes halogenated alkanes) is 1. The van der Waals surface area contributed by atoms with Crippen LogP contribution < -0.4 is 10.6 Å². The fraction of sp³-hybridized carbons (Fsp3) is 0.731. The van der Waals surface area contributed by atoms with Gasteiger partial charge in [-0.2, -0.15) is 0 Å². The second kappa shape index (κ2) is 13.7.